The molecule has 13 rings (SSSR count). The minimum Gasteiger partial charge on any atom is -0.455 e. The summed E-state index contributed by atoms with van der Waals surface area (Å²) in [6.45, 7) is 0. The summed E-state index contributed by atoms with van der Waals surface area (Å²) in [5.41, 5.74) is 13.1. The molecule has 4 heteroatoms. The Kier molecular flexibility index (Phi) is 7.78. The van der Waals surface area contributed by atoms with Crippen LogP contribution in [-0.4, -0.2) is 4.57 Å². The molecule has 0 atom stereocenters. The lowest BCUT2D eigenvalue weighted by Gasteiger charge is -2.30. The van der Waals surface area contributed by atoms with Crippen molar-refractivity contribution in [2.75, 3.05) is 4.90 Å². The largest absolute Gasteiger partial charge is 0.455 e. The highest BCUT2D eigenvalue weighted by Crippen LogP contribution is 2.48. The molecular formula is C58H36N2OS. The normalized spacial score (nSPS) is 11.9. The molecule has 0 aliphatic rings. The predicted molar refractivity (Wildman–Crippen MR) is 264 cm³/mol. The fourth-order valence-electron chi connectivity index (χ4n) is 9.82. The average Bonchev–Trinajstić information content (AvgIpc) is 4.02. The number of nitrogens with zero attached hydrogens (tertiary/aromatic N) is 2. The van der Waals surface area contributed by atoms with Crippen LogP contribution in [-0.2, 0) is 0 Å². The van der Waals surface area contributed by atoms with Gasteiger partial charge in [-0.25, -0.2) is 0 Å². The highest BCUT2D eigenvalue weighted by atomic mass is 32.1. The lowest BCUT2D eigenvalue weighted by atomic mass is 9.96. The van der Waals surface area contributed by atoms with E-state index in [4.69, 9.17) is 4.42 Å². The van der Waals surface area contributed by atoms with E-state index in [1.807, 2.05) is 11.3 Å². The Morgan fingerprint density at radius 2 is 1.02 bits per heavy atom. The summed E-state index contributed by atoms with van der Waals surface area (Å²) >= 11 is 1.86. The van der Waals surface area contributed by atoms with E-state index in [2.05, 4.69) is 228 Å². The molecule has 3 nitrogen and oxygen atoms in total. The second kappa shape index (κ2) is 13.8. The van der Waals surface area contributed by atoms with Gasteiger partial charge in [-0.2, -0.15) is 0 Å². The first-order valence-electron chi connectivity index (χ1n) is 21.1. The van der Waals surface area contributed by atoms with Crippen LogP contribution in [0.25, 0.3) is 103 Å². The number of anilines is 3. The van der Waals surface area contributed by atoms with Crippen LogP contribution in [0.5, 0.6) is 0 Å². The molecule has 0 spiro atoms. The van der Waals surface area contributed by atoms with Crippen LogP contribution in [0.2, 0.25) is 0 Å². The first kappa shape index (κ1) is 34.9. The van der Waals surface area contributed by atoms with Crippen molar-refractivity contribution in [1.29, 1.82) is 0 Å². The van der Waals surface area contributed by atoms with E-state index in [-0.39, 0.29) is 0 Å². The van der Waals surface area contributed by atoms with Crippen LogP contribution in [0, 0.1) is 0 Å². The van der Waals surface area contributed by atoms with Crippen molar-refractivity contribution in [3.05, 3.63) is 218 Å². The minimum absolute atomic E-state index is 0.876. The number of hydrogen-bond donors (Lipinski definition) is 0. The molecule has 0 aliphatic carbocycles. The van der Waals surface area contributed by atoms with E-state index in [1.54, 1.807) is 0 Å². The van der Waals surface area contributed by atoms with Gasteiger partial charge in [0.25, 0.3) is 0 Å². The highest BCUT2D eigenvalue weighted by molar-refractivity contribution is 7.25. The van der Waals surface area contributed by atoms with Gasteiger partial charge in [-0.1, -0.05) is 152 Å². The second-order valence-electron chi connectivity index (χ2n) is 16.0. The van der Waals surface area contributed by atoms with Crippen molar-refractivity contribution >= 4 is 103 Å². The van der Waals surface area contributed by atoms with Crippen molar-refractivity contribution in [2.45, 2.75) is 0 Å². The summed E-state index contributed by atoms with van der Waals surface area (Å²) in [5.74, 6) is 0. The van der Waals surface area contributed by atoms with Gasteiger partial charge < -0.3 is 13.9 Å². The molecule has 0 saturated carbocycles. The molecule has 0 unspecified atom stereocenters. The van der Waals surface area contributed by atoms with Crippen LogP contribution in [0.1, 0.15) is 0 Å². The zero-order valence-corrected chi connectivity index (χ0v) is 34.3. The molecule has 10 aromatic carbocycles. The molecule has 0 amide bonds. The molecule has 0 aliphatic heterocycles. The summed E-state index contributed by atoms with van der Waals surface area (Å²) < 4.78 is 11.8. The van der Waals surface area contributed by atoms with Crippen LogP contribution in [0.3, 0.4) is 0 Å². The van der Waals surface area contributed by atoms with Gasteiger partial charge >= 0.3 is 0 Å². The predicted octanol–water partition coefficient (Wildman–Crippen LogP) is 17.0. The highest BCUT2D eigenvalue weighted by Gasteiger charge is 2.24. The topological polar surface area (TPSA) is 21.3 Å². The van der Waals surface area contributed by atoms with Gasteiger partial charge in [0.15, 0.2) is 0 Å². The van der Waals surface area contributed by atoms with E-state index < -0.39 is 0 Å². The molecule has 0 radical (unpaired) electrons. The van der Waals surface area contributed by atoms with E-state index in [9.17, 15) is 0 Å². The molecule has 3 aromatic heterocycles. The van der Waals surface area contributed by atoms with Gasteiger partial charge in [-0.05, 0) is 88.8 Å². The van der Waals surface area contributed by atoms with Crippen molar-refractivity contribution in [3.8, 4) is 27.9 Å². The van der Waals surface area contributed by atoms with Crippen molar-refractivity contribution in [1.82, 2.24) is 4.57 Å². The Balaban J connectivity index is 1.04. The molecule has 3 heterocycles. The van der Waals surface area contributed by atoms with Gasteiger partial charge in [0.2, 0.25) is 0 Å². The van der Waals surface area contributed by atoms with Crippen LogP contribution >= 0.6 is 11.3 Å². The smallest absolute Gasteiger partial charge is 0.143 e. The number of thiophene rings is 1. The maximum atomic E-state index is 6.73. The van der Waals surface area contributed by atoms with E-state index in [0.29, 0.717) is 0 Å². The van der Waals surface area contributed by atoms with Crippen molar-refractivity contribution in [2.24, 2.45) is 0 Å². The zero-order chi connectivity index (χ0) is 40.7. The van der Waals surface area contributed by atoms with Crippen molar-refractivity contribution < 1.29 is 4.42 Å². The first-order valence-corrected chi connectivity index (χ1v) is 21.9. The van der Waals surface area contributed by atoms with E-state index >= 15 is 0 Å². The summed E-state index contributed by atoms with van der Waals surface area (Å²) in [7, 11) is 0. The molecule has 0 saturated heterocycles. The third kappa shape index (κ3) is 5.30. The Morgan fingerprint density at radius 3 is 1.84 bits per heavy atom. The molecule has 13 aromatic rings. The number of para-hydroxylation sites is 5. The monoisotopic (exact) mass is 808 g/mol. The summed E-state index contributed by atoms with van der Waals surface area (Å²) in [4.78, 5) is 2.45. The van der Waals surface area contributed by atoms with Crippen LogP contribution in [0.4, 0.5) is 17.1 Å². The average molecular weight is 809 g/mol. The third-order valence-corrected chi connectivity index (χ3v) is 13.7. The molecule has 290 valence electrons. The number of aromatic nitrogens is 1. The number of hydrogen-bond acceptors (Lipinski definition) is 3. The van der Waals surface area contributed by atoms with Gasteiger partial charge in [0, 0.05) is 58.4 Å². The van der Waals surface area contributed by atoms with Crippen LogP contribution in [0.15, 0.2) is 223 Å². The molecular weight excluding hydrogens is 773 g/mol. The summed E-state index contributed by atoms with van der Waals surface area (Å²) in [5, 5.41) is 9.60. The maximum Gasteiger partial charge on any atom is 0.143 e. The Bertz CT molecular complexity index is 3830. The fraction of sp³-hybridized carbons (Fsp3) is 0. The SMILES string of the molecule is c1ccc(N(c2ccc(-c3ccc4c(c3)sc3ccccc34)cc2)c2ccccc2-n2c3ccccc3c3ccccc32)c(-c2cccc3oc4c5ccccc5ccc4c23)c1. The number of fused-ring (bicyclic) bond motifs is 11. The van der Waals surface area contributed by atoms with E-state index in [1.165, 1.54) is 58.5 Å². The second-order valence-corrected chi connectivity index (χ2v) is 17.1. The van der Waals surface area contributed by atoms with Gasteiger partial charge in [-0.3, -0.25) is 0 Å². The van der Waals surface area contributed by atoms with Gasteiger partial charge in [0.05, 0.1) is 28.1 Å². The quantitative estimate of drug-likeness (QED) is 0.167. The minimum atomic E-state index is 0.876. The maximum absolute atomic E-state index is 6.73. The first-order chi connectivity index (χ1) is 30.8. The van der Waals surface area contributed by atoms with E-state index in [0.717, 1.165) is 61.2 Å². The Hall–Kier alpha value is -7.92. The third-order valence-electron chi connectivity index (χ3n) is 12.6. The lowest BCUT2D eigenvalue weighted by molar-refractivity contribution is 0.673. The van der Waals surface area contributed by atoms with Crippen molar-refractivity contribution in [3.63, 3.8) is 0 Å². The molecule has 62 heavy (non-hydrogen) atoms. The number of rotatable bonds is 6. The fourth-order valence-corrected chi connectivity index (χ4v) is 11.0. The number of benzene rings is 10. The number of furan rings is 1. The molecule has 0 N–H and O–H groups in total. The Labute approximate surface area is 361 Å². The Morgan fingerprint density at radius 1 is 0.403 bits per heavy atom. The lowest BCUT2D eigenvalue weighted by Crippen LogP contribution is -2.14. The standard InChI is InChI=1S/C58H36N2OS/c1-2-15-41-38(14-1)30-35-48-57-47(20-13-26-54(57)61-58(41)48)44-18-5-7-21-49(44)59(40-32-28-37(29-33-40)39-31-34-46-45-19-6-12-27-55(45)62-56(46)36-39)52-24-10-11-25-53(52)60-50-22-8-3-16-42(50)43-17-4-9-23-51(43)60/h1-36H. The van der Waals surface area contributed by atoms with Gasteiger partial charge in [-0.15, -0.1) is 11.3 Å². The molecule has 0 bridgehead atoms. The van der Waals surface area contributed by atoms with Crippen LogP contribution < -0.4 is 4.90 Å². The summed E-state index contributed by atoms with van der Waals surface area (Å²) in [6, 6.07) is 79.2. The van der Waals surface area contributed by atoms with Gasteiger partial charge in [0.1, 0.15) is 11.2 Å². The zero-order valence-electron chi connectivity index (χ0n) is 33.5. The molecule has 0 fully saturated rings. The summed E-state index contributed by atoms with van der Waals surface area (Å²) in [6.07, 6.45) is 0.